The SMILES string of the molecule is CCC(C)N(CC)CC(=O)c1cc(C)ccc1C. The zero-order chi connectivity index (χ0) is 13.7. The standard InChI is InChI=1S/C16H25NO/c1-6-14(5)17(7-2)11-16(18)15-10-12(3)8-9-13(15)4/h8-10,14H,6-7,11H2,1-5H3. The number of ketones is 1. The van der Waals surface area contributed by atoms with Gasteiger partial charge in [0, 0.05) is 11.6 Å². The van der Waals surface area contributed by atoms with Crippen molar-refractivity contribution in [1.82, 2.24) is 4.90 Å². The average Bonchev–Trinajstić information content (AvgIpc) is 2.37. The molecule has 0 spiro atoms. The lowest BCUT2D eigenvalue weighted by molar-refractivity contribution is 0.0902. The zero-order valence-electron chi connectivity index (χ0n) is 12.3. The Balaban J connectivity index is 2.84. The first-order valence-corrected chi connectivity index (χ1v) is 6.84. The third kappa shape index (κ3) is 3.67. The molecule has 0 aliphatic rings. The first kappa shape index (κ1) is 14.9. The quantitative estimate of drug-likeness (QED) is 0.716. The maximum absolute atomic E-state index is 12.4. The fraction of sp³-hybridized carbons (Fsp3) is 0.562. The highest BCUT2D eigenvalue weighted by Gasteiger charge is 2.16. The number of hydrogen-bond donors (Lipinski definition) is 0. The van der Waals surface area contributed by atoms with Crippen LogP contribution in [-0.2, 0) is 0 Å². The molecule has 0 aliphatic heterocycles. The maximum Gasteiger partial charge on any atom is 0.177 e. The molecule has 0 heterocycles. The van der Waals surface area contributed by atoms with Crippen molar-refractivity contribution >= 4 is 5.78 Å². The number of nitrogens with zero attached hydrogens (tertiary/aromatic N) is 1. The van der Waals surface area contributed by atoms with Crippen LogP contribution in [0.1, 0.15) is 48.7 Å². The summed E-state index contributed by atoms with van der Waals surface area (Å²) in [5.74, 6) is 0.235. The monoisotopic (exact) mass is 247 g/mol. The lowest BCUT2D eigenvalue weighted by Crippen LogP contribution is -2.37. The van der Waals surface area contributed by atoms with Gasteiger partial charge in [-0.15, -0.1) is 0 Å². The van der Waals surface area contributed by atoms with Crippen molar-refractivity contribution in [3.63, 3.8) is 0 Å². The summed E-state index contributed by atoms with van der Waals surface area (Å²) in [6.07, 6.45) is 1.08. The predicted molar refractivity (Wildman–Crippen MR) is 77.2 cm³/mol. The third-order valence-corrected chi connectivity index (χ3v) is 3.66. The Bertz CT molecular complexity index is 412. The number of benzene rings is 1. The molecule has 1 atom stereocenters. The first-order valence-electron chi connectivity index (χ1n) is 6.84. The van der Waals surface area contributed by atoms with Crippen molar-refractivity contribution in [3.05, 3.63) is 34.9 Å². The van der Waals surface area contributed by atoms with Crippen LogP contribution in [0.4, 0.5) is 0 Å². The van der Waals surface area contributed by atoms with Crippen molar-refractivity contribution in [2.75, 3.05) is 13.1 Å². The van der Waals surface area contributed by atoms with Crippen molar-refractivity contribution in [1.29, 1.82) is 0 Å². The number of aryl methyl sites for hydroxylation is 2. The molecule has 1 aromatic rings. The van der Waals surface area contributed by atoms with Crippen molar-refractivity contribution in [2.45, 2.75) is 47.1 Å². The summed E-state index contributed by atoms with van der Waals surface area (Å²) in [7, 11) is 0. The molecule has 0 amide bonds. The van der Waals surface area contributed by atoms with Gasteiger partial charge in [-0.1, -0.05) is 31.5 Å². The predicted octanol–water partition coefficient (Wildman–Crippen LogP) is 3.61. The van der Waals surface area contributed by atoms with E-state index in [2.05, 4.69) is 31.7 Å². The van der Waals surface area contributed by atoms with Gasteiger partial charge in [0.25, 0.3) is 0 Å². The highest BCUT2D eigenvalue weighted by Crippen LogP contribution is 2.13. The number of Topliss-reactive ketones (excluding diaryl/α,β-unsaturated/α-hetero) is 1. The number of likely N-dealkylation sites (N-methyl/N-ethyl adjacent to an activating group) is 1. The lowest BCUT2D eigenvalue weighted by Gasteiger charge is -2.26. The van der Waals surface area contributed by atoms with E-state index in [-0.39, 0.29) is 5.78 Å². The van der Waals surface area contributed by atoms with E-state index in [0.29, 0.717) is 12.6 Å². The van der Waals surface area contributed by atoms with Crippen LogP contribution < -0.4 is 0 Å². The van der Waals surface area contributed by atoms with E-state index in [0.717, 1.165) is 29.7 Å². The van der Waals surface area contributed by atoms with Gasteiger partial charge in [-0.3, -0.25) is 9.69 Å². The van der Waals surface area contributed by atoms with Crippen molar-refractivity contribution < 1.29 is 4.79 Å². The first-order chi connectivity index (χ1) is 8.49. The van der Waals surface area contributed by atoms with Crippen LogP contribution in [0.2, 0.25) is 0 Å². The molecule has 0 saturated carbocycles. The highest BCUT2D eigenvalue weighted by molar-refractivity contribution is 5.99. The molecular formula is C16H25NO. The summed E-state index contributed by atoms with van der Waals surface area (Å²) in [5, 5.41) is 0. The average molecular weight is 247 g/mol. The van der Waals surface area contributed by atoms with Crippen molar-refractivity contribution in [2.24, 2.45) is 0 Å². The Kier molecular flexibility index (Phi) is 5.54. The summed E-state index contributed by atoms with van der Waals surface area (Å²) in [6.45, 7) is 11.9. The van der Waals surface area contributed by atoms with Crippen LogP contribution in [0.3, 0.4) is 0 Å². The number of hydrogen-bond acceptors (Lipinski definition) is 2. The van der Waals surface area contributed by atoms with E-state index in [1.807, 2.05) is 26.0 Å². The smallest absolute Gasteiger partial charge is 0.177 e. The third-order valence-electron chi connectivity index (χ3n) is 3.66. The fourth-order valence-electron chi connectivity index (χ4n) is 2.14. The Labute approximate surface area is 111 Å². The molecule has 0 aliphatic carbocycles. The van der Waals surface area contributed by atoms with Crippen LogP contribution in [0.25, 0.3) is 0 Å². The highest BCUT2D eigenvalue weighted by atomic mass is 16.1. The van der Waals surface area contributed by atoms with E-state index in [1.165, 1.54) is 0 Å². The van der Waals surface area contributed by atoms with Crippen LogP contribution >= 0.6 is 0 Å². The molecule has 0 saturated heterocycles. The number of carbonyl (C=O) groups is 1. The molecule has 2 nitrogen and oxygen atoms in total. The van der Waals surface area contributed by atoms with E-state index >= 15 is 0 Å². The largest absolute Gasteiger partial charge is 0.293 e. The van der Waals surface area contributed by atoms with Gasteiger partial charge in [0.15, 0.2) is 5.78 Å². The van der Waals surface area contributed by atoms with Gasteiger partial charge in [0.05, 0.1) is 6.54 Å². The van der Waals surface area contributed by atoms with Gasteiger partial charge < -0.3 is 0 Å². The molecule has 1 unspecified atom stereocenters. The van der Waals surface area contributed by atoms with Gasteiger partial charge in [0.1, 0.15) is 0 Å². The topological polar surface area (TPSA) is 20.3 Å². The second-order valence-electron chi connectivity index (χ2n) is 5.06. The van der Waals surface area contributed by atoms with Crippen LogP contribution in [0.15, 0.2) is 18.2 Å². The van der Waals surface area contributed by atoms with Crippen LogP contribution in [0, 0.1) is 13.8 Å². The molecule has 100 valence electrons. The second-order valence-corrected chi connectivity index (χ2v) is 5.06. The lowest BCUT2D eigenvalue weighted by atomic mass is 10.0. The molecule has 0 aromatic heterocycles. The summed E-state index contributed by atoms with van der Waals surface area (Å²) in [6, 6.07) is 6.55. The summed E-state index contributed by atoms with van der Waals surface area (Å²) in [5.41, 5.74) is 3.10. The Morgan fingerprint density at radius 3 is 2.50 bits per heavy atom. The fourth-order valence-corrected chi connectivity index (χ4v) is 2.14. The minimum absolute atomic E-state index is 0.235. The summed E-state index contributed by atoms with van der Waals surface area (Å²) in [4.78, 5) is 14.6. The maximum atomic E-state index is 12.4. The summed E-state index contributed by atoms with van der Waals surface area (Å²) < 4.78 is 0. The molecule has 2 heteroatoms. The minimum Gasteiger partial charge on any atom is -0.293 e. The Hall–Kier alpha value is -1.15. The van der Waals surface area contributed by atoms with Gasteiger partial charge in [-0.05, 0) is 45.4 Å². The van der Waals surface area contributed by atoms with E-state index in [9.17, 15) is 4.79 Å². The molecule has 0 N–H and O–H groups in total. The molecule has 18 heavy (non-hydrogen) atoms. The number of carbonyl (C=O) groups excluding carboxylic acids is 1. The molecule has 1 rings (SSSR count). The summed E-state index contributed by atoms with van der Waals surface area (Å²) >= 11 is 0. The minimum atomic E-state index is 0.235. The van der Waals surface area contributed by atoms with Gasteiger partial charge in [-0.25, -0.2) is 0 Å². The van der Waals surface area contributed by atoms with Crippen LogP contribution in [0.5, 0.6) is 0 Å². The normalized spacial score (nSPS) is 12.8. The second kappa shape index (κ2) is 6.69. The molecule has 1 aromatic carbocycles. The molecule has 0 fully saturated rings. The molecule has 0 bridgehead atoms. The van der Waals surface area contributed by atoms with E-state index in [1.54, 1.807) is 0 Å². The van der Waals surface area contributed by atoms with E-state index < -0.39 is 0 Å². The Morgan fingerprint density at radius 2 is 1.94 bits per heavy atom. The van der Waals surface area contributed by atoms with Crippen molar-refractivity contribution in [3.8, 4) is 0 Å². The van der Waals surface area contributed by atoms with E-state index in [4.69, 9.17) is 0 Å². The molecular weight excluding hydrogens is 222 g/mol. The Morgan fingerprint density at radius 1 is 1.28 bits per heavy atom. The number of rotatable bonds is 6. The molecule has 0 radical (unpaired) electrons. The zero-order valence-corrected chi connectivity index (χ0v) is 12.3. The van der Waals surface area contributed by atoms with Gasteiger partial charge in [0.2, 0.25) is 0 Å². The van der Waals surface area contributed by atoms with Gasteiger partial charge in [-0.2, -0.15) is 0 Å². The van der Waals surface area contributed by atoms with Crippen LogP contribution in [-0.4, -0.2) is 29.8 Å². The van der Waals surface area contributed by atoms with Gasteiger partial charge >= 0.3 is 0 Å².